The van der Waals surface area contributed by atoms with Crippen LogP contribution in [0.2, 0.25) is 0 Å². The highest BCUT2D eigenvalue weighted by Crippen LogP contribution is 2.51. The van der Waals surface area contributed by atoms with E-state index >= 15 is 0 Å². The molecule has 0 radical (unpaired) electrons. The van der Waals surface area contributed by atoms with Crippen LogP contribution in [0.4, 0.5) is 0 Å². The predicted octanol–water partition coefficient (Wildman–Crippen LogP) is 5.33. The summed E-state index contributed by atoms with van der Waals surface area (Å²) in [5.74, 6) is -1.19. The lowest BCUT2D eigenvalue weighted by molar-refractivity contribution is -0.141. The van der Waals surface area contributed by atoms with Gasteiger partial charge in [0.05, 0.1) is 26.7 Å². The Balaban J connectivity index is 1.41. The van der Waals surface area contributed by atoms with E-state index in [9.17, 15) is 21.6 Å². The zero-order valence-corrected chi connectivity index (χ0v) is 27.2. The number of fused-ring (bicyclic) bond motifs is 2. The molecule has 0 spiro atoms. The fourth-order valence-electron chi connectivity index (χ4n) is 6.03. The Morgan fingerprint density at radius 2 is 1.22 bits per heavy atom. The standard InChI is InChI=1S/C34H32O10S2/c1-20-5-10-24(11-6-20)45(36,37)43-29-14-9-22(16-30(29)40-3)33-26-18-32(44-46(38,39)25-12-7-21(2)8-13-25)31(41-4)17-23(26)15-27-28(33)19-42-34(27)35/h5-14,16-18,27-28,33H,15,19H2,1-4H3/t27-,28-,33-/m0/s1. The first-order valence-corrected chi connectivity index (χ1v) is 17.3. The smallest absolute Gasteiger partial charge is 0.339 e. The summed E-state index contributed by atoms with van der Waals surface area (Å²) in [7, 11) is -5.56. The third-order valence-electron chi connectivity index (χ3n) is 8.43. The summed E-state index contributed by atoms with van der Waals surface area (Å²) in [6, 6.07) is 20.8. The lowest BCUT2D eigenvalue weighted by Crippen LogP contribution is -2.31. The Bertz CT molecular complexity index is 2020. The first-order chi connectivity index (χ1) is 21.9. The molecule has 4 aromatic carbocycles. The van der Waals surface area contributed by atoms with Gasteiger partial charge in [0.1, 0.15) is 9.79 Å². The zero-order chi connectivity index (χ0) is 32.8. The van der Waals surface area contributed by atoms with Crippen molar-refractivity contribution in [2.75, 3.05) is 20.8 Å². The van der Waals surface area contributed by atoms with Gasteiger partial charge in [-0.1, -0.05) is 41.5 Å². The van der Waals surface area contributed by atoms with Gasteiger partial charge >= 0.3 is 26.2 Å². The first-order valence-electron chi connectivity index (χ1n) is 14.5. The number of cyclic esters (lactones) is 1. The number of rotatable bonds is 9. The van der Waals surface area contributed by atoms with Gasteiger partial charge in [-0.05, 0) is 85.5 Å². The number of hydrogen-bond acceptors (Lipinski definition) is 10. The molecule has 1 aliphatic carbocycles. The molecular formula is C34H32O10S2. The highest BCUT2D eigenvalue weighted by Gasteiger charge is 2.47. The summed E-state index contributed by atoms with van der Waals surface area (Å²) in [5.41, 5.74) is 3.97. The summed E-state index contributed by atoms with van der Waals surface area (Å²) in [4.78, 5) is 12.8. The van der Waals surface area contributed by atoms with Crippen LogP contribution < -0.4 is 17.8 Å². The number of benzene rings is 4. The molecular weight excluding hydrogens is 632 g/mol. The molecule has 1 fully saturated rings. The van der Waals surface area contributed by atoms with Crippen LogP contribution in [-0.4, -0.2) is 43.6 Å². The Hall–Kier alpha value is -4.55. The maximum Gasteiger partial charge on any atom is 0.339 e. The van der Waals surface area contributed by atoms with Crippen LogP contribution in [0.15, 0.2) is 88.7 Å². The molecule has 0 aromatic heterocycles. The van der Waals surface area contributed by atoms with E-state index in [0.29, 0.717) is 12.0 Å². The van der Waals surface area contributed by atoms with Crippen molar-refractivity contribution in [1.82, 2.24) is 0 Å². The van der Waals surface area contributed by atoms with Crippen molar-refractivity contribution in [3.05, 3.63) is 107 Å². The summed E-state index contributed by atoms with van der Waals surface area (Å²) in [6.45, 7) is 3.86. The van der Waals surface area contributed by atoms with E-state index in [1.807, 2.05) is 13.8 Å². The van der Waals surface area contributed by atoms with Crippen LogP contribution in [0.5, 0.6) is 23.0 Å². The second kappa shape index (κ2) is 12.0. The summed E-state index contributed by atoms with van der Waals surface area (Å²) in [5, 5.41) is 0. The van der Waals surface area contributed by atoms with Gasteiger partial charge in [0.15, 0.2) is 23.0 Å². The van der Waals surface area contributed by atoms with E-state index < -0.39 is 32.1 Å². The number of aryl methyl sites for hydroxylation is 2. The molecule has 46 heavy (non-hydrogen) atoms. The molecule has 6 rings (SSSR count). The minimum absolute atomic E-state index is 0.00281. The molecule has 0 N–H and O–H groups in total. The average molecular weight is 665 g/mol. The largest absolute Gasteiger partial charge is 0.493 e. The van der Waals surface area contributed by atoms with Crippen LogP contribution in [0.1, 0.15) is 33.7 Å². The fraction of sp³-hybridized carbons (Fsp3) is 0.265. The molecule has 10 nitrogen and oxygen atoms in total. The van der Waals surface area contributed by atoms with Crippen LogP contribution in [0.25, 0.3) is 0 Å². The molecule has 0 amide bonds. The molecule has 240 valence electrons. The van der Waals surface area contributed by atoms with Gasteiger partial charge in [0.25, 0.3) is 0 Å². The van der Waals surface area contributed by atoms with Crippen LogP contribution >= 0.6 is 0 Å². The molecule has 0 unspecified atom stereocenters. The highest BCUT2D eigenvalue weighted by molar-refractivity contribution is 7.87. The molecule has 1 saturated heterocycles. The minimum atomic E-state index is -4.21. The number of hydrogen-bond donors (Lipinski definition) is 0. The van der Waals surface area contributed by atoms with Crippen LogP contribution in [0.3, 0.4) is 0 Å². The van der Waals surface area contributed by atoms with Crippen molar-refractivity contribution in [1.29, 1.82) is 0 Å². The Morgan fingerprint density at radius 3 is 1.78 bits per heavy atom. The quantitative estimate of drug-likeness (QED) is 0.171. The first kappa shape index (κ1) is 31.4. The van der Waals surface area contributed by atoms with Gasteiger partial charge in [-0.15, -0.1) is 0 Å². The SMILES string of the molecule is COc1cc([C@H]2c3cc(OS(=O)(=O)c4ccc(C)cc4)c(OC)cc3C[C@@H]3C(=O)OC[C@H]23)ccc1OS(=O)(=O)c1ccc(C)cc1. The molecule has 0 saturated carbocycles. The molecule has 1 heterocycles. The van der Waals surface area contributed by atoms with Crippen molar-refractivity contribution in [3.63, 3.8) is 0 Å². The second-order valence-electron chi connectivity index (χ2n) is 11.4. The van der Waals surface area contributed by atoms with Gasteiger partial charge in [-0.2, -0.15) is 16.8 Å². The molecule has 4 aromatic rings. The molecule has 1 aliphatic heterocycles. The molecule has 2 aliphatic rings. The number of ether oxygens (including phenoxy) is 3. The van der Waals surface area contributed by atoms with Crippen molar-refractivity contribution in [2.24, 2.45) is 11.8 Å². The van der Waals surface area contributed by atoms with Gasteiger partial charge in [-0.25, -0.2) is 0 Å². The van der Waals surface area contributed by atoms with Gasteiger partial charge in [-0.3, -0.25) is 4.79 Å². The second-order valence-corrected chi connectivity index (χ2v) is 14.5. The highest BCUT2D eigenvalue weighted by atomic mass is 32.2. The lowest BCUT2D eigenvalue weighted by atomic mass is 9.67. The third kappa shape index (κ3) is 5.90. The third-order valence-corrected chi connectivity index (χ3v) is 10.9. The topological polar surface area (TPSA) is 132 Å². The Kier molecular flexibility index (Phi) is 8.20. The monoisotopic (exact) mass is 664 g/mol. The van der Waals surface area contributed by atoms with Crippen molar-refractivity contribution >= 4 is 26.2 Å². The average Bonchev–Trinajstić information content (AvgIpc) is 3.39. The number of esters is 1. The van der Waals surface area contributed by atoms with E-state index in [1.54, 1.807) is 48.5 Å². The zero-order valence-electron chi connectivity index (χ0n) is 25.6. The summed E-state index contributed by atoms with van der Waals surface area (Å²) < 4.78 is 80.3. The number of methoxy groups -OCH3 is 2. The number of carbonyl (C=O) groups excluding carboxylic acids is 1. The van der Waals surface area contributed by atoms with Crippen molar-refractivity contribution in [2.45, 2.75) is 36.0 Å². The van der Waals surface area contributed by atoms with Gasteiger partial charge in [0.2, 0.25) is 0 Å². The Morgan fingerprint density at radius 1 is 0.674 bits per heavy atom. The molecule has 12 heteroatoms. The van der Waals surface area contributed by atoms with E-state index in [-0.39, 0.29) is 51.3 Å². The van der Waals surface area contributed by atoms with Crippen molar-refractivity contribution < 1.29 is 44.2 Å². The van der Waals surface area contributed by atoms with E-state index in [4.69, 9.17) is 22.6 Å². The normalized spacial score (nSPS) is 19.0. The van der Waals surface area contributed by atoms with Crippen LogP contribution in [-0.2, 0) is 36.2 Å². The summed E-state index contributed by atoms with van der Waals surface area (Å²) >= 11 is 0. The van der Waals surface area contributed by atoms with Gasteiger partial charge < -0.3 is 22.6 Å². The minimum Gasteiger partial charge on any atom is -0.493 e. The van der Waals surface area contributed by atoms with E-state index in [2.05, 4.69) is 0 Å². The van der Waals surface area contributed by atoms with E-state index in [1.165, 1.54) is 44.6 Å². The summed E-state index contributed by atoms with van der Waals surface area (Å²) in [6.07, 6.45) is 0.365. The predicted molar refractivity (Wildman–Crippen MR) is 167 cm³/mol. The molecule has 0 bridgehead atoms. The van der Waals surface area contributed by atoms with Crippen LogP contribution in [0, 0.1) is 25.7 Å². The fourth-order valence-corrected chi connectivity index (χ4v) is 7.90. The molecule has 3 atom stereocenters. The number of carbonyl (C=O) groups is 1. The van der Waals surface area contributed by atoms with Gasteiger partial charge in [0, 0.05) is 11.8 Å². The van der Waals surface area contributed by atoms with E-state index in [0.717, 1.165) is 22.3 Å². The Labute approximate surface area is 268 Å². The lowest BCUT2D eigenvalue weighted by Gasteiger charge is -2.34. The van der Waals surface area contributed by atoms with Crippen molar-refractivity contribution in [3.8, 4) is 23.0 Å². The maximum atomic E-state index is 13.3. The maximum absolute atomic E-state index is 13.3.